The van der Waals surface area contributed by atoms with Gasteiger partial charge in [-0.1, -0.05) is 133 Å². The molecule has 11 aromatic rings. The molecule has 0 radical (unpaired) electrons. The van der Waals surface area contributed by atoms with Gasteiger partial charge in [-0.25, -0.2) is 0 Å². The summed E-state index contributed by atoms with van der Waals surface area (Å²) in [6.07, 6.45) is 0. The van der Waals surface area contributed by atoms with Crippen LogP contribution in [0, 0.1) is 0 Å². The van der Waals surface area contributed by atoms with Crippen molar-refractivity contribution in [2.45, 2.75) is 0 Å². The van der Waals surface area contributed by atoms with E-state index in [1.165, 1.54) is 73.6 Å². The molecule has 0 bridgehead atoms. The van der Waals surface area contributed by atoms with Crippen LogP contribution in [-0.4, -0.2) is 0 Å². The summed E-state index contributed by atoms with van der Waals surface area (Å²) in [7, 11) is 0. The van der Waals surface area contributed by atoms with Crippen molar-refractivity contribution in [3.05, 3.63) is 206 Å². The number of anilines is 6. The average molecular weight is 751 g/mol. The maximum absolute atomic E-state index is 2.46. The molecule has 9 aromatic carbocycles. The predicted octanol–water partition coefficient (Wildman–Crippen LogP) is 16.2. The van der Waals surface area contributed by atoms with E-state index < -0.39 is 0 Å². The number of fused-ring (bicyclic) bond motifs is 7. The molecule has 0 saturated carbocycles. The fourth-order valence-electron chi connectivity index (χ4n) is 8.18. The number of rotatable bonds is 7. The first-order valence-electron chi connectivity index (χ1n) is 18.9. The molecule has 0 fully saturated rings. The summed E-state index contributed by atoms with van der Waals surface area (Å²) in [5, 5.41) is 7.63. The van der Waals surface area contributed by atoms with Gasteiger partial charge in [-0.3, -0.25) is 0 Å². The van der Waals surface area contributed by atoms with Crippen LogP contribution in [0.5, 0.6) is 0 Å². The first-order chi connectivity index (χ1) is 27.8. The second-order valence-electron chi connectivity index (χ2n) is 14.1. The molecule has 0 amide bonds. The minimum atomic E-state index is 1.12. The van der Waals surface area contributed by atoms with Gasteiger partial charge in [-0.05, 0) is 94.7 Å². The van der Waals surface area contributed by atoms with E-state index in [4.69, 9.17) is 0 Å². The van der Waals surface area contributed by atoms with E-state index in [0.29, 0.717) is 0 Å². The number of hydrogen-bond donors (Lipinski definition) is 0. The largest absolute Gasteiger partial charge is 0.309 e. The lowest BCUT2D eigenvalue weighted by Crippen LogP contribution is -2.10. The highest BCUT2D eigenvalue weighted by atomic mass is 32.1. The van der Waals surface area contributed by atoms with E-state index in [9.17, 15) is 0 Å². The third kappa shape index (κ3) is 5.53. The number of para-hydroxylation sites is 2. The molecule has 0 aliphatic carbocycles. The summed E-state index contributed by atoms with van der Waals surface area (Å²) in [6.45, 7) is 0. The van der Waals surface area contributed by atoms with E-state index in [1.54, 1.807) is 0 Å². The lowest BCUT2D eigenvalue weighted by molar-refractivity contribution is 1.30. The predicted molar refractivity (Wildman–Crippen MR) is 245 cm³/mol. The fourth-order valence-corrected chi connectivity index (χ4v) is 10.6. The van der Waals surface area contributed by atoms with Gasteiger partial charge < -0.3 is 9.80 Å². The Morgan fingerprint density at radius 3 is 1.50 bits per heavy atom. The normalized spacial score (nSPS) is 11.6. The Hall–Kier alpha value is -6.72. The Morgan fingerprint density at radius 2 is 0.804 bits per heavy atom. The molecule has 0 saturated heterocycles. The van der Waals surface area contributed by atoms with Crippen molar-refractivity contribution in [3.8, 4) is 11.1 Å². The van der Waals surface area contributed by atoms with Crippen molar-refractivity contribution in [3.63, 3.8) is 0 Å². The summed E-state index contributed by atoms with van der Waals surface area (Å²) >= 11 is 3.74. The Morgan fingerprint density at radius 1 is 0.286 bits per heavy atom. The van der Waals surface area contributed by atoms with E-state index in [1.807, 2.05) is 22.7 Å². The highest BCUT2D eigenvalue weighted by molar-refractivity contribution is 7.27. The van der Waals surface area contributed by atoms with Crippen LogP contribution in [0.15, 0.2) is 206 Å². The highest BCUT2D eigenvalue weighted by Crippen LogP contribution is 2.50. The van der Waals surface area contributed by atoms with Crippen molar-refractivity contribution in [2.24, 2.45) is 0 Å². The summed E-state index contributed by atoms with van der Waals surface area (Å²) in [5.74, 6) is 0. The van der Waals surface area contributed by atoms with Crippen LogP contribution in [0.2, 0.25) is 0 Å². The summed E-state index contributed by atoms with van der Waals surface area (Å²) < 4.78 is 5.11. The zero-order valence-corrected chi connectivity index (χ0v) is 32.0. The van der Waals surface area contributed by atoms with Crippen molar-refractivity contribution in [1.29, 1.82) is 0 Å². The zero-order chi connectivity index (χ0) is 37.0. The molecular weight excluding hydrogens is 717 g/mol. The Balaban J connectivity index is 1.11. The topological polar surface area (TPSA) is 6.48 Å². The number of hydrogen-bond acceptors (Lipinski definition) is 4. The molecule has 0 spiro atoms. The lowest BCUT2D eigenvalue weighted by Gasteiger charge is -2.26. The summed E-state index contributed by atoms with van der Waals surface area (Å²) in [4.78, 5) is 4.84. The average Bonchev–Trinajstić information content (AvgIpc) is 3.84. The summed E-state index contributed by atoms with van der Waals surface area (Å²) in [5.41, 5.74) is 9.28. The monoisotopic (exact) mass is 750 g/mol. The van der Waals surface area contributed by atoms with Gasteiger partial charge >= 0.3 is 0 Å². The van der Waals surface area contributed by atoms with Gasteiger partial charge in [-0.2, -0.15) is 0 Å². The molecule has 2 heterocycles. The third-order valence-electron chi connectivity index (χ3n) is 10.8. The number of thiophene rings is 2. The Labute approximate surface area is 333 Å². The molecule has 2 aromatic heterocycles. The molecule has 0 atom stereocenters. The van der Waals surface area contributed by atoms with E-state index in [2.05, 4.69) is 216 Å². The van der Waals surface area contributed by atoms with Crippen LogP contribution in [0.3, 0.4) is 0 Å². The molecule has 2 nitrogen and oxygen atoms in total. The van der Waals surface area contributed by atoms with Gasteiger partial charge in [0.2, 0.25) is 0 Å². The molecule has 11 rings (SSSR count). The minimum absolute atomic E-state index is 1.12. The van der Waals surface area contributed by atoms with E-state index in [-0.39, 0.29) is 0 Å². The fraction of sp³-hybridized carbons (Fsp3) is 0. The summed E-state index contributed by atoms with van der Waals surface area (Å²) in [6, 6.07) is 75.1. The van der Waals surface area contributed by atoms with Crippen LogP contribution in [-0.2, 0) is 0 Å². The third-order valence-corrected chi connectivity index (χ3v) is 13.2. The van der Waals surface area contributed by atoms with E-state index in [0.717, 1.165) is 22.7 Å². The standard InChI is InChI=1S/C52H34N2S2/c1-3-15-39(16-4-1)53(40-17-5-2-6-18-40)47-22-11-20-45-46-21-12-23-48(52(46)56-51(45)47)54(42-31-32-44-43-19-9-10-24-49(43)55-50(44)34-42)41-29-27-36(28-30-41)38-26-25-35-13-7-8-14-37(35)33-38/h1-34H. The molecule has 0 aliphatic heterocycles. The molecule has 4 heteroatoms. The first-order valence-corrected chi connectivity index (χ1v) is 20.6. The van der Waals surface area contributed by atoms with Gasteiger partial charge in [0.05, 0.1) is 20.8 Å². The minimum Gasteiger partial charge on any atom is -0.309 e. The second-order valence-corrected chi connectivity index (χ2v) is 16.2. The van der Waals surface area contributed by atoms with Crippen LogP contribution in [0.1, 0.15) is 0 Å². The second kappa shape index (κ2) is 13.5. The van der Waals surface area contributed by atoms with Gasteiger partial charge in [0.15, 0.2) is 0 Å². The SMILES string of the molecule is c1ccc(N(c2ccccc2)c2cccc3c2sc2c(N(c4ccc(-c5ccc6ccccc6c5)cc4)c4ccc5c(c4)sc4ccccc45)cccc23)cc1. The Bertz CT molecular complexity index is 3160. The molecule has 0 aliphatic rings. The highest BCUT2D eigenvalue weighted by Gasteiger charge is 2.22. The van der Waals surface area contributed by atoms with Crippen LogP contribution < -0.4 is 9.80 Å². The van der Waals surface area contributed by atoms with Gasteiger partial charge in [-0.15, -0.1) is 22.7 Å². The van der Waals surface area contributed by atoms with Crippen LogP contribution >= 0.6 is 22.7 Å². The Kier molecular flexibility index (Phi) is 7.90. The maximum Gasteiger partial charge on any atom is 0.0640 e. The number of nitrogens with zero attached hydrogens (tertiary/aromatic N) is 2. The van der Waals surface area contributed by atoms with Crippen molar-refractivity contribution in [1.82, 2.24) is 0 Å². The van der Waals surface area contributed by atoms with Crippen LogP contribution in [0.25, 0.3) is 62.2 Å². The van der Waals surface area contributed by atoms with Gasteiger partial charge in [0.25, 0.3) is 0 Å². The van der Waals surface area contributed by atoms with Crippen molar-refractivity contribution < 1.29 is 0 Å². The zero-order valence-electron chi connectivity index (χ0n) is 30.3. The van der Waals surface area contributed by atoms with Crippen LogP contribution in [0.4, 0.5) is 34.1 Å². The smallest absolute Gasteiger partial charge is 0.0640 e. The molecule has 264 valence electrons. The van der Waals surface area contributed by atoms with Gasteiger partial charge in [0, 0.05) is 53.7 Å². The number of benzene rings is 9. The maximum atomic E-state index is 2.46. The van der Waals surface area contributed by atoms with Crippen molar-refractivity contribution >= 4 is 108 Å². The van der Waals surface area contributed by atoms with Crippen molar-refractivity contribution in [2.75, 3.05) is 9.80 Å². The van der Waals surface area contributed by atoms with E-state index >= 15 is 0 Å². The molecular formula is C52H34N2S2. The van der Waals surface area contributed by atoms with Gasteiger partial charge in [0.1, 0.15) is 0 Å². The first kappa shape index (κ1) is 32.7. The molecule has 56 heavy (non-hydrogen) atoms. The quantitative estimate of drug-likeness (QED) is 0.160. The molecule has 0 unspecified atom stereocenters. The lowest BCUT2D eigenvalue weighted by atomic mass is 10.0. The molecule has 0 N–H and O–H groups in total.